The van der Waals surface area contributed by atoms with E-state index in [4.69, 9.17) is 4.74 Å². The molecule has 0 aliphatic carbocycles. The monoisotopic (exact) mass is 272 g/mol. The molecule has 0 N–H and O–H groups in total. The average molecular weight is 273 g/mol. The molecule has 0 spiro atoms. The van der Waals surface area contributed by atoms with Gasteiger partial charge in [0.25, 0.3) is 0 Å². The van der Waals surface area contributed by atoms with Crippen molar-refractivity contribution in [2.24, 2.45) is 0 Å². The van der Waals surface area contributed by atoms with Crippen LogP contribution in [0.4, 0.5) is 4.39 Å². The minimum atomic E-state index is -0.388. The third kappa shape index (κ3) is 6.07. The molecule has 0 saturated carbocycles. The molecular weight excluding hydrogens is 259 g/mol. The van der Waals surface area contributed by atoms with Crippen molar-refractivity contribution < 1.29 is 9.13 Å². The first-order chi connectivity index (χ1) is 7.01. The second-order valence-electron chi connectivity index (χ2n) is 2.72. The van der Waals surface area contributed by atoms with Gasteiger partial charge in [-0.1, -0.05) is 29.1 Å². The predicted molar refractivity (Wildman–Crippen MR) is 66.1 cm³/mol. The lowest BCUT2D eigenvalue weighted by atomic mass is 10.2. The Hall–Kier alpha value is -1.09. The van der Waals surface area contributed by atoms with Crippen molar-refractivity contribution in [1.82, 2.24) is 0 Å². The van der Waals surface area contributed by atoms with E-state index in [0.717, 1.165) is 0 Å². The molecule has 0 aromatic heterocycles. The number of rotatable bonds is 5. The van der Waals surface area contributed by atoms with Crippen LogP contribution in [0, 0.1) is 0 Å². The largest absolute Gasteiger partial charge is 0.465 e. The van der Waals surface area contributed by atoms with E-state index in [2.05, 4.69) is 29.1 Å². The Morgan fingerprint density at radius 3 is 2.40 bits per heavy atom. The van der Waals surface area contributed by atoms with Gasteiger partial charge in [-0.05, 0) is 36.6 Å². The normalized spacial score (nSPS) is 13.7. The third-order valence-corrected chi connectivity index (χ3v) is 1.67. The molecule has 0 rings (SSSR count). The molecule has 0 bridgehead atoms. The summed E-state index contributed by atoms with van der Waals surface area (Å²) in [4.78, 5) is 0. The molecule has 0 fully saturated rings. The summed E-state index contributed by atoms with van der Waals surface area (Å²) in [5.41, 5.74) is 0.458. The fraction of sp³-hybridized carbons (Fsp3) is 0.167. The quantitative estimate of drug-likeness (QED) is 0.518. The van der Waals surface area contributed by atoms with Crippen molar-refractivity contribution in [3.63, 3.8) is 0 Å². The van der Waals surface area contributed by atoms with Gasteiger partial charge in [0.2, 0.25) is 0 Å². The number of hydrogen-bond donors (Lipinski definition) is 0. The molecule has 0 amide bonds. The molecule has 0 heterocycles. The van der Waals surface area contributed by atoms with E-state index in [0.29, 0.717) is 15.8 Å². The molecule has 0 aromatic rings. The van der Waals surface area contributed by atoms with E-state index < -0.39 is 0 Å². The van der Waals surface area contributed by atoms with Crippen LogP contribution in [0.25, 0.3) is 0 Å². The van der Waals surface area contributed by atoms with Crippen LogP contribution in [0.1, 0.15) is 13.8 Å². The second kappa shape index (κ2) is 7.23. The first kappa shape index (κ1) is 13.9. The summed E-state index contributed by atoms with van der Waals surface area (Å²) in [7, 11) is 0. The zero-order chi connectivity index (χ0) is 11.8. The van der Waals surface area contributed by atoms with E-state index in [1.807, 2.05) is 0 Å². The van der Waals surface area contributed by atoms with Gasteiger partial charge in [-0.25, -0.2) is 4.39 Å². The fourth-order valence-corrected chi connectivity index (χ4v) is 1.11. The lowest BCUT2D eigenvalue weighted by molar-refractivity contribution is 0.364. The van der Waals surface area contributed by atoms with E-state index in [9.17, 15) is 4.39 Å². The lowest BCUT2D eigenvalue weighted by Crippen LogP contribution is -1.87. The Labute approximate surface area is 98.5 Å². The maximum absolute atomic E-state index is 13.2. The Morgan fingerprint density at radius 1 is 1.40 bits per heavy atom. The first-order valence-corrected chi connectivity index (χ1v) is 5.14. The van der Waals surface area contributed by atoms with Crippen LogP contribution in [0.3, 0.4) is 0 Å². The number of ether oxygens (including phenoxy) is 1. The van der Waals surface area contributed by atoms with Crippen molar-refractivity contribution in [2.45, 2.75) is 13.8 Å². The standard InChI is InChI=1S/C12H14BrFO/c1-5-12(15-6-2)9(3)7-11(14)8-10(4)13/h5-8H,2-3H2,1,4H3/b10-8+,11-7+,12-5-. The summed E-state index contributed by atoms with van der Waals surface area (Å²) in [6.45, 7) is 10.6. The highest BCUT2D eigenvalue weighted by Crippen LogP contribution is 2.16. The summed E-state index contributed by atoms with van der Waals surface area (Å²) in [5.74, 6) is 0.0992. The molecule has 0 unspecified atom stereocenters. The summed E-state index contributed by atoms with van der Waals surface area (Å²) in [5, 5.41) is 0. The third-order valence-electron chi connectivity index (χ3n) is 1.44. The van der Waals surface area contributed by atoms with Gasteiger partial charge in [-0.3, -0.25) is 0 Å². The van der Waals surface area contributed by atoms with Gasteiger partial charge in [-0.2, -0.15) is 0 Å². The maximum atomic E-state index is 13.2. The molecule has 15 heavy (non-hydrogen) atoms. The second-order valence-corrected chi connectivity index (χ2v) is 3.97. The molecule has 3 heteroatoms. The molecule has 0 saturated heterocycles. The Balaban J connectivity index is 4.73. The molecule has 82 valence electrons. The van der Waals surface area contributed by atoms with Crippen molar-refractivity contribution >= 4 is 15.9 Å². The highest BCUT2D eigenvalue weighted by atomic mass is 79.9. The van der Waals surface area contributed by atoms with Crippen LogP contribution in [0.2, 0.25) is 0 Å². The minimum Gasteiger partial charge on any atom is -0.465 e. The topological polar surface area (TPSA) is 9.23 Å². The van der Waals surface area contributed by atoms with E-state index >= 15 is 0 Å². The number of halogens is 2. The SMILES string of the molecule is C=CO/C(=C\C)C(=C)/C=C(F)\C=C(/C)Br. The highest BCUT2D eigenvalue weighted by Gasteiger charge is 2.00. The Morgan fingerprint density at radius 2 is 2.00 bits per heavy atom. The van der Waals surface area contributed by atoms with Crippen molar-refractivity contribution in [3.8, 4) is 0 Å². The zero-order valence-corrected chi connectivity index (χ0v) is 10.5. The van der Waals surface area contributed by atoms with Crippen LogP contribution in [0.5, 0.6) is 0 Å². The first-order valence-electron chi connectivity index (χ1n) is 4.35. The van der Waals surface area contributed by atoms with E-state index in [1.54, 1.807) is 19.9 Å². The number of hydrogen-bond acceptors (Lipinski definition) is 1. The predicted octanol–water partition coefficient (Wildman–Crippen LogP) is 4.76. The Bertz CT molecular complexity index is 334. The van der Waals surface area contributed by atoms with Gasteiger partial charge in [-0.15, -0.1) is 0 Å². The smallest absolute Gasteiger partial charge is 0.128 e. The highest BCUT2D eigenvalue weighted by molar-refractivity contribution is 9.11. The molecular formula is C12H14BrFO. The van der Waals surface area contributed by atoms with Gasteiger partial charge in [0.15, 0.2) is 0 Å². The summed E-state index contributed by atoms with van der Waals surface area (Å²) >= 11 is 3.14. The average Bonchev–Trinajstić information content (AvgIpc) is 2.12. The van der Waals surface area contributed by atoms with Crippen LogP contribution in [-0.4, -0.2) is 0 Å². The molecule has 0 aromatic carbocycles. The summed E-state index contributed by atoms with van der Waals surface area (Å²) in [6, 6.07) is 0. The van der Waals surface area contributed by atoms with Crippen LogP contribution in [0.15, 0.2) is 59.3 Å². The molecule has 0 aliphatic rings. The van der Waals surface area contributed by atoms with Gasteiger partial charge < -0.3 is 4.74 Å². The van der Waals surface area contributed by atoms with Gasteiger partial charge >= 0.3 is 0 Å². The molecule has 0 atom stereocenters. The Kier molecular flexibility index (Phi) is 6.71. The van der Waals surface area contributed by atoms with Gasteiger partial charge in [0.1, 0.15) is 11.6 Å². The molecule has 1 nitrogen and oxygen atoms in total. The molecule has 0 aliphatic heterocycles. The van der Waals surface area contributed by atoms with Crippen molar-refractivity contribution in [3.05, 3.63) is 59.3 Å². The van der Waals surface area contributed by atoms with Gasteiger partial charge in [0.05, 0.1) is 6.26 Å². The maximum Gasteiger partial charge on any atom is 0.128 e. The zero-order valence-electron chi connectivity index (χ0n) is 8.89. The van der Waals surface area contributed by atoms with Crippen molar-refractivity contribution in [2.75, 3.05) is 0 Å². The van der Waals surface area contributed by atoms with Gasteiger partial charge in [0, 0.05) is 5.57 Å². The van der Waals surface area contributed by atoms with Crippen molar-refractivity contribution in [1.29, 1.82) is 0 Å². The summed E-state index contributed by atoms with van der Waals surface area (Å²) < 4.78 is 19.0. The van der Waals surface area contributed by atoms with Crippen LogP contribution >= 0.6 is 15.9 Å². The van der Waals surface area contributed by atoms with Crippen LogP contribution in [-0.2, 0) is 4.74 Å². The fourth-order valence-electron chi connectivity index (χ4n) is 0.888. The number of allylic oxidation sites excluding steroid dienone is 5. The van der Waals surface area contributed by atoms with E-state index in [1.165, 1.54) is 18.4 Å². The summed E-state index contributed by atoms with van der Waals surface area (Å²) in [6.07, 6.45) is 5.62. The van der Waals surface area contributed by atoms with Crippen LogP contribution < -0.4 is 0 Å². The minimum absolute atomic E-state index is 0.388. The van der Waals surface area contributed by atoms with E-state index in [-0.39, 0.29) is 5.83 Å². The lowest BCUT2D eigenvalue weighted by Gasteiger charge is -2.04. The molecule has 0 radical (unpaired) electrons.